The third-order valence-electron chi connectivity index (χ3n) is 3.43. The van der Waals surface area contributed by atoms with Gasteiger partial charge in [0.1, 0.15) is 17.1 Å². The van der Waals surface area contributed by atoms with E-state index < -0.39 is 17.6 Å². The van der Waals surface area contributed by atoms with E-state index in [9.17, 15) is 19.1 Å². The molecule has 7 heteroatoms. The number of carbonyl (C=O) groups is 2. The molecule has 0 bridgehead atoms. The number of hydrogen-bond donors (Lipinski definition) is 2. The number of rotatable bonds is 2. The highest BCUT2D eigenvalue weighted by Gasteiger charge is 2.35. The van der Waals surface area contributed by atoms with Crippen molar-refractivity contribution in [1.82, 2.24) is 5.32 Å². The molecule has 2 N–H and O–H groups in total. The normalized spacial score (nSPS) is 16.5. The zero-order chi connectivity index (χ0) is 17.3. The van der Waals surface area contributed by atoms with Gasteiger partial charge in [0.25, 0.3) is 11.8 Å². The van der Waals surface area contributed by atoms with E-state index in [0.717, 1.165) is 4.90 Å². The van der Waals surface area contributed by atoms with E-state index >= 15 is 0 Å². The number of hydrogen-bond acceptors (Lipinski definition) is 4. The number of anilines is 1. The summed E-state index contributed by atoms with van der Waals surface area (Å²) in [4.78, 5) is 25.7. The van der Waals surface area contributed by atoms with Crippen LogP contribution in [-0.4, -0.2) is 22.0 Å². The van der Waals surface area contributed by atoms with Gasteiger partial charge in [-0.25, -0.2) is 9.29 Å². The van der Waals surface area contributed by atoms with Crippen molar-refractivity contribution < 1.29 is 19.1 Å². The van der Waals surface area contributed by atoms with Crippen molar-refractivity contribution in [3.63, 3.8) is 0 Å². The van der Waals surface area contributed by atoms with Gasteiger partial charge >= 0.3 is 0 Å². The Morgan fingerprint density at radius 2 is 1.75 bits per heavy atom. The SMILES string of the molecule is O=C1NC(=S)N(c2ccccc2F)C(=O)/C1=C/c1ccccc1O. The van der Waals surface area contributed by atoms with Gasteiger partial charge < -0.3 is 5.11 Å². The summed E-state index contributed by atoms with van der Waals surface area (Å²) in [6.45, 7) is 0. The molecule has 0 aliphatic carbocycles. The smallest absolute Gasteiger partial charge is 0.270 e. The molecule has 0 unspecified atom stereocenters. The Kier molecular flexibility index (Phi) is 4.09. The molecule has 1 saturated heterocycles. The predicted octanol–water partition coefficient (Wildman–Crippen LogP) is 2.36. The first kappa shape index (κ1) is 15.8. The molecule has 1 heterocycles. The van der Waals surface area contributed by atoms with Crippen LogP contribution in [0.1, 0.15) is 5.56 Å². The minimum Gasteiger partial charge on any atom is -0.507 e. The summed E-state index contributed by atoms with van der Waals surface area (Å²) in [5, 5.41) is 12.0. The van der Waals surface area contributed by atoms with Crippen molar-refractivity contribution in [2.75, 3.05) is 4.90 Å². The van der Waals surface area contributed by atoms with Crippen LogP contribution < -0.4 is 10.2 Å². The Morgan fingerprint density at radius 1 is 1.08 bits per heavy atom. The molecule has 120 valence electrons. The standard InChI is InChI=1S/C17H11FN2O3S/c18-12-6-2-3-7-13(12)20-16(23)11(15(22)19-17(20)24)9-10-5-1-4-8-14(10)21/h1-9,21H,(H,19,22,24)/b11-9+. The molecule has 2 amide bonds. The van der Waals surface area contributed by atoms with E-state index in [1.165, 1.54) is 30.3 Å². The van der Waals surface area contributed by atoms with Gasteiger partial charge in [-0.1, -0.05) is 30.3 Å². The minimum atomic E-state index is -0.767. The minimum absolute atomic E-state index is 0.0596. The topological polar surface area (TPSA) is 69.6 Å². The highest BCUT2D eigenvalue weighted by molar-refractivity contribution is 7.80. The molecule has 2 aromatic rings. The van der Waals surface area contributed by atoms with Crippen LogP contribution >= 0.6 is 12.2 Å². The average molecular weight is 342 g/mol. The predicted molar refractivity (Wildman–Crippen MR) is 90.7 cm³/mol. The molecule has 0 saturated carbocycles. The van der Waals surface area contributed by atoms with Crippen LogP contribution in [-0.2, 0) is 9.59 Å². The number of benzene rings is 2. The summed E-state index contributed by atoms with van der Waals surface area (Å²) in [6, 6.07) is 11.8. The number of amides is 2. The van der Waals surface area contributed by atoms with Gasteiger partial charge in [0.2, 0.25) is 0 Å². The molecule has 2 aromatic carbocycles. The zero-order valence-corrected chi connectivity index (χ0v) is 13.0. The summed E-state index contributed by atoms with van der Waals surface area (Å²) >= 11 is 5.00. The van der Waals surface area contributed by atoms with Crippen molar-refractivity contribution in [3.05, 3.63) is 65.5 Å². The van der Waals surface area contributed by atoms with E-state index in [1.807, 2.05) is 0 Å². The lowest BCUT2D eigenvalue weighted by Gasteiger charge is -2.29. The number of nitrogens with one attached hydrogen (secondary N) is 1. The maximum atomic E-state index is 14.0. The molecule has 1 aliphatic heterocycles. The van der Waals surface area contributed by atoms with Crippen molar-refractivity contribution >= 4 is 40.9 Å². The Bertz CT molecular complexity index is 895. The maximum absolute atomic E-state index is 14.0. The second-order valence-electron chi connectivity index (χ2n) is 4.97. The molecule has 0 radical (unpaired) electrons. The van der Waals surface area contributed by atoms with E-state index in [4.69, 9.17) is 12.2 Å². The summed E-state index contributed by atoms with van der Waals surface area (Å²) in [5.74, 6) is -2.21. The Labute approximate surface area is 142 Å². The van der Waals surface area contributed by atoms with E-state index in [-0.39, 0.29) is 27.7 Å². The number of halogens is 1. The number of aromatic hydroxyl groups is 1. The summed E-state index contributed by atoms with van der Waals surface area (Å²) in [6.07, 6.45) is 1.24. The lowest BCUT2D eigenvalue weighted by Crippen LogP contribution is -2.54. The second-order valence-corrected chi connectivity index (χ2v) is 5.35. The summed E-state index contributed by atoms with van der Waals surface area (Å²) in [7, 11) is 0. The molecule has 1 fully saturated rings. The van der Waals surface area contributed by atoms with E-state index in [1.54, 1.807) is 24.3 Å². The quantitative estimate of drug-likeness (QED) is 0.499. The number of phenols is 1. The number of para-hydroxylation sites is 2. The van der Waals surface area contributed by atoms with Crippen LogP contribution in [0.3, 0.4) is 0 Å². The lowest BCUT2D eigenvalue weighted by atomic mass is 10.1. The third kappa shape index (κ3) is 2.77. The largest absolute Gasteiger partial charge is 0.507 e. The van der Waals surface area contributed by atoms with E-state index in [2.05, 4.69) is 5.32 Å². The molecular weight excluding hydrogens is 331 g/mol. The van der Waals surface area contributed by atoms with Gasteiger partial charge in [-0.2, -0.15) is 0 Å². The van der Waals surface area contributed by atoms with Crippen LogP contribution in [0.25, 0.3) is 6.08 Å². The van der Waals surface area contributed by atoms with Gasteiger partial charge in [-0.15, -0.1) is 0 Å². The molecule has 0 atom stereocenters. The van der Waals surface area contributed by atoms with Gasteiger partial charge in [-0.3, -0.25) is 14.9 Å². The second kappa shape index (κ2) is 6.21. The molecule has 0 spiro atoms. The Morgan fingerprint density at radius 3 is 2.46 bits per heavy atom. The van der Waals surface area contributed by atoms with Gasteiger partial charge in [-0.05, 0) is 36.5 Å². The number of thiocarbonyl (C=S) groups is 1. The fraction of sp³-hybridized carbons (Fsp3) is 0. The van der Waals surface area contributed by atoms with Crippen LogP contribution in [0.2, 0.25) is 0 Å². The van der Waals surface area contributed by atoms with Crippen LogP contribution in [0.5, 0.6) is 5.75 Å². The highest BCUT2D eigenvalue weighted by Crippen LogP contribution is 2.26. The zero-order valence-electron chi connectivity index (χ0n) is 12.2. The lowest BCUT2D eigenvalue weighted by molar-refractivity contribution is -0.122. The fourth-order valence-electron chi connectivity index (χ4n) is 2.27. The van der Waals surface area contributed by atoms with Crippen LogP contribution in [0.15, 0.2) is 54.1 Å². The van der Waals surface area contributed by atoms with Crippen molar-refractivity contribution in [1.29, 1.82) is 0 Å². The highest BCUT2D eigenvalue weighted by atomic mass is 32.1. The monoisotopic (exact) mass is 342 g/mol. The van der Waals surface area contributed by atoms with Crippen LogP contribution in [0, 0.1) is 5.82 Å². The first-order valence-corrected chi connectivity index (χ1v) is 7.34. The summed E-state index contributed by atoms with van der Waals surface area (Å²) < 4.78 is 14.0. The first-order chi connectivity index (χ1) is 11.5. The molecule has 5 nitrogen and oxygen atoms in total. The third-order valence-corrected chi connectivity index (χ3v) is 3.72. The molecule has 1 aliphatic rings. The number of nitrogens with zero attached hydrogens (tertiary/aromatic N) is 1. The number of phenolic OH excluding ortho intramolecular Hbond substituents is 1. The fourth-order valence-corrected chi connectivity index (χ4v) is 2.55. The van der Waals surface area contributed by atoms with E-state index in [0.29, 0.717) is 0 Å². The van der Waals surface area contributed by atoms with Crippen molar-refractivity contribution in [2.45, 2.75) is 0 Å². The molecule has 24 heavy (non-hydrogen) atoms. The van der Waals surface area contributed by atoms with Gasteiger partial charge in [0, 0.05) is 5.56 Å². The Balaban J connectivity index is 2.07. The molecule has 3 rings (SSSR count). The van der Waals surface area contributed by atoms with Gasteiger partial charge in [0.05, 0.1) is 5.69 Å². The molecule has 0 aromatic heterocycles. The maximum Gasteiger partial charge on any atom is 0.270 e. The number of carbonyl (C=O) groups excluding carboxylic acids is 2. The first-order valence-electron chi connectivity index (χ1n) is 6.93. The van der Waals surface area contributed by atoms with Crippen LogP contribution in [0.4, 0.5) is 10.1 Å². The van der Waals surface area contributed by atoms with Crippen molar-refractivity contribution in [2.24, 2.45) is 0 Å². The van der Waals surface area contributed by atoms with Crippen molar-refractivity contribution in [3.8, 4) is 5.75 Å². The Hall–Kier alpha value is -3.06. The molecular formula is C17H11FN2O3S. The average Bonchev–Trinajstić information content (AvgIpc) is 2.54. The van der Waals surface area contributed by atoms with Gasteiger partial charge in [0.15, 0.2) is 5.11 Å². The summed E-state index contributed by atoms with van der Waals surface area (Å²) in [5.41, 5.74) is -0.0265.